The van der Waals surface area contributed by atoms with Gasteiger partial charge in [-0.05, 0) is 24.1 Å². The predicted molar refractivity (Wildman–Crippen MR) is 55.3 cm³/mol. The largest absolute Gasteiger partial charge is 0.373 e. The lowest BCUT2D eigenvalue weighted by Gasteiger charge is -2.19. The van der Waals surface area contributed by atoms with E-state index in [9.17, 15) is 14.3 Å². The van der Waals surface area contributed by atoms with Gasteiger partial charge in [0.2, 0.25) is 5.91 Å². The molecule has 1 aliphatic heterocycles. The van der Waals surface area contributed by atoms with Crippen molar-refractivity contribution in [3.05, 3.63) is 34.6 Å². The fraction of sp³-hybridized carbons (Fsp3) is 0.364. The number of hydrogen-bond donors (Lipinski definition) is 2. The van der Waals surface area contributed by atoms with Crippen molar-refractivity contribution in [1.29, 1.82) is 0 Å². The molecule has 0 radical (unpaired) electrons. The number of carbonyl (C=O) groups excluding carboxylic acids is 1. The number of piperidine rings is 1. The molecular formula is C11H9ClFNO2. The van der Waals surface area contributed by atoms with E-state index in [0.29, 0.717) is 12.0 Å². The smallest absolute Gasteiger partial charge is 0.226 e. The molecule has 3 unspecified atom stereocenters. The molecule has 1 heterocycles. The van der Waals surface area contributed by atoms with Gasteiger partial charge in [-0.1, -0.05) is 17.7 Å². The molecule has 0 spiro atoms. The van der Waals surface area contributed by atoms with Gasteiger partial charge >= 0.3 is 0 Å². The van der Waals surface area contributed by atoms with E-state index in [2.05, 4.69) is 5.32 Å². The number of rotatable bonds is 1. The van der Waals surface area contributed by atoms with E-state index in [-0.39, 0.29) is 16.8 Å². The number of aliphatic hydroxyl groups is 1. The summed E-state index contributed by atoms with van der Waals surface area (Å²) < 4.78 is 12.9. The van der Waals surface area contributed by atoms with Gasteiger partial charge in [0.05, 0.1) is 11.3 Å². The zero-order chi connectivity index (χ0) is 11.5. The van der Waals surface area contributed by atoms with Crippen LogP contribution in [0.2, 0.25) is 5.02 Å². The summed E-state index contributed by atoms with van der Waals surface area (Å²) in [5.74, 6) is -0.813. The lowest BCUT2D eigenvalue weighted by molar-refractivity contribution is -0.122. The molecule has 2 aliphatic rings. The molecule has 3 atom stereocenters. The normalized spacial score (nSPS) is 35.8. The molecule has 3 nitrogen and oxygen atoms in total. The van der Waals surface area contributed by atoms with Crippen LogP contribution < -0.4 is 5.32 Å². The molecular weight excluding hydrogens is 233 g/mol. The van der Waals surface area contributed by atoms with E-state index in [1.807, 2.05) is 0 Å². The summed E-state index contributed by atoms with van der Waals surface area (Å²) >= 11 is 5.95. The van der Waals surface area contributed by atoms with E-state index in [4.69, 9.17) is 11.6 Å². The second-order valence-corrected chi connectivity index (χ2v) is 4.74. The topological polar surface area (TPSA) is 49.3 Å². The van der Waals surface area contributed by atoms with Crippen molar-refractivity contribution < 1.29 is 14.3 Å². The second kappa shape index (κ2) is 2.96. The van der Waals surface area contributed by atoms with Crippen LogP contribution in [-0.2, 0) is 10.2 Å². The Morgan fingerprint density at radius 2 is 2.31 bits per heavy atom. The van der Waals surface area contributed by atoms with Crippen molar-refractivity contribution in [2.24, 2.45) is 5.92 Å². The van der Waals surface area contributed by atoms with Crippen molar-refractivity contribution in [1.82, 2.24) is 5.32 Å². The van der Waals surface area contributed by atoms with Crippen LogP contribution in [0.25, 0.3) is 0 Å². The fourth-order valence-corrected chi connectivity index (χ4v) is 2.93. The first kappa shape index (κ1) is 10.1. The van der Waals surface area contributed by atoms with Gasteiger partial charge in [-0.2, -0.15) is 0 Å². The second-order valence-electron chi connectivity index (χ2n) is 4.33. The molecule has 1 aromatic rings. The van der Waals surface area contributed by atoms with Crippen molar-refractivity contribution in [2.75, 3.05) is 0 Å². The summed E-state index contributed by atoms with van der Waals surface area (Å²) in [5.41, 5.74) is 0.00779. The molecule has 1 amide bonds. The molecule has 0 aromatic heterocycles. The number of fused-ring (bicyclic) bond motifs is 1. The Labute approximate surface area is 96.2 Å². The average molecular weight is 242 g/mol. The summed E-state index contributed by atoms with van der Waals surface area (Å²) in [4.78, 5) is 11.4. The standard InChI is InChI=1S/C11H9ClFNO2/c12-8-3-5(13)1-2-6(8)11-4-7(11)9(15)14-10(11)16/h1-3,7,10,16H,4H2,(H,14,15). The molecule has 0 bridgehead atoms. The SMILES string of the molecule is O=C1NC(O)C2(c3ccc(F)cc3Cl)CC12. The first-order valence-electron chi connectivity index (χ1n) is 4.99. The molecule has 1 saturated heterocycles. The molecule has 5 heteroatoms. The van der Waals surface area contributed by atoms with Crippen LogP contribution in [0.4, 0.5) is 4.39 Å². The monoisotopic (exact) mass is 241 g/mol. The van der Waals surface area contributed by atoms with Gasteiger partial charge in [0, 0.05) is 5.02 Å². The lowest BCUT2D eigenvalue weighted by atomic mass is 9.93. The van der Waals surface area contributed by atoms with Crippen molar-refractivity contribution >= 4 is 17.5 Å². The van der Waals surface area contributed by atoms with Gasteiger partial charge in [0.25, 0.3) is 0 Å². The first-order valence-corrected chi connectivity index (χ1v) is 5.37. The van der Waals surface area contributed by atoms with E-state index >= 15 is 0 Å². The van der Waals surface area contributed by atoms with Crippen LogP contribution in [0.5, 0.6) is 0 Å². The summed E-state index contributed by atoms with van der Waals surface area (Å²) in [6.07, 6.45) is -0.348. The number of benzene rings is 1. The predicted octanol–water partition coefficient (Wildman–Crippen LogP) is 1.18. The quantitative estimate of drug-likeness (QED) is 0.776. The third-order valence-electron chi connectivity index (χ3n) is 3.52. The highest BCUT2D eigenvalue weighted by molar-refractivity contribution is 6.31. The van der Waals surface area contributed by atoms with E-state index in [1.165, 1.54) is 12.1 Å². The Morgan fingerprint density at radius 3 is 2.81 bits per heavy atom. The van der Waals surface area contributed by atoms with Crippen molar-refractivity contribution in [3.8, 4) is 0 Å². The fourth-order valence-electron chi connectivity index (χ4n) is 2.58. The maximum Gasteiger partial charge on any atom is 0.226 e. The molecule has 1 aromatic carbocycles. The molecule has 3 rings (SSSR count). The number of carbonyl (C=O) groups is 1. The Kier molecular flexibility index (Phi) is 1.86. The highest BCUT2D eigenvalue weighted by Crippen LogP contribution is 2.60. The highest BCUT2D eigenvalue weighted by Gasteiger charge is 2.69. The van der Waals surface area contributed by atoms with Gasteiger partial charge in [0.15, 0.2) is 0 Å². The zero-order valence-electron chi connectivity index (χ0n) is 8.21. The van der Waals surface area contributed by atoms with Crippen LogP contribution in [0.1, 0.15) is 12.0 Å². The van der Waals surface area contributed by atoms with Gasteiger partial charge in [-0.15, -0.1) is 0 Å². The average Bonchev–Trinajstić information content (AvgIpc) is 2.88. The maximum absolute atomic E-state index is 12.9. The highest BCUT2D eigenvalue weighted by atomic mass is 35.5. The van der Waals surface area contributed by atoms with Crippen LogP contribution >= 0.6 is 11.6 Å². The van der Waals surface area contributed by atoms with Crippen LogP contribution in [0, 0.1) is 11.7 Å². The number of halogens is 2. The molecule has 84 valence electrons. The van der Waals surface area contributed by atoms with Crippen LogP contribution in [0.3, 0.4) is 0 Å². The third-order valence-corrected chi connectivity index (χ3v) is 3.83. The lowest BCUT2D eigenvalue weighted by Crippen LogP contribution is -2.35. The van der Waals surface area contributed by atoms with E-state index in [0.717, 1.165) is 0 Å². The van der Waals surface area contributed by atoms with Crippen molar-refractivity contribution in [3.63, 3.8) is 0 Å². The minimum atomic E-state index is -0.923. The van der Waals surface area contributed by atoms with Gasteiger partial charge in [-0.3, -0.25) is 4.79 Å². The summed E-state index contributed by atoms with van der Waals surface area (Å²) in [7, 11) is 0. The molecule has 1 aliphatic carbocycles. The number of amides is 1. The van der Waals surface area contributed by atoms with Gasteiger partial charge in [0.1, 0.15) is 12.0 Å². The summed E-state index contributed by atoms with van der Waals surface area (Å²) in [5, 5.41) is 12.5. The first-order chi connectivity index (χ1) is 7.55. The van der Waals surface area contributed by atoms with E-state index < -0.39 is 17.5 Å². The van der Waals surface area contributed by atoms with Gasteiger partial charge < -0.3 is 10.4 Å². The Morgan fingerprint density at radius 1 is 1.56 bits per heavy atom. The molecule has 1 saturated carbocycles. The third kappa shape index (κ3) is 1.09. The Balaban J connectivity index is 2.09. The van der Waals surface area contributed by atoms with Crippen LogP contribution in [-0.4, -0.2) is 17.2 Å². The molecule has 16 heavy (non-hydrogen) atoms. The van der Waals surface area contributed by atoms with Gasteiger partial charge in [-0.25, -0.2) is 4.39 Å². The summed E-state index contributed by atoms with van der Waals surface area (Å²) in [6.45, 7) is 0. The van der Waals surface area contributed by atoms with E-state index in [1.54, 1.807) is 6.07 Å². The molecule has 2 N–H and O–H groups in total. The van der Waals surface area contributed by atoms with Crippen molar-refractivity contribution in [2.45, 2.75) is 18.1 Å². The number of nitrogens with one attached hydrogen (secondary N) is 1. The van der Waals surface area contributed by atoms with Crippen LogP contribution in [0.15, 0.2) is 18.2 Å². The number of aliphatic hydroxyl groups excluding tert-OH is 1. The minimum absolute atomic E-state index is 0.159. The Hall–Kier alpha value is -1.13. The summed E-state index contributed by atoms with van der Waals surface area (Å²) in [6, 6.07) is 4.04. The number of hydrogen-bond acceptors (Lipinski definition) is 2. The Bertz CT molecular complexity index is 493. The zero-order valence-corrected chi connectivity index (χ0v) is 8.96. The maximum atomic E-state index is 12.9. The molecule has 2 fully saturated rings. The minimum Gasteiger partial charge on any atom is -0.373 e.